The number of carbonyl (C=O) groups excluding carboxylic acids is 1. The van der Waals surface area contributed by atoms with Gasteiger partial charge in [0.2, 0.25) is 0 Å². The average Bonchev–Trinajstić information content (AvgIpc) is 2.84. The van der Waals surface area contributed by atoms with Crippen molar-refractivity contribution < 1.29 is 9.53 Å². The van der Waals surface area contributed by atoms with E-state index < -0.39 is 0 Å². The van der Waals surface area contributed by atoms with E-state index in [2.05, 4.69) is 29.2 Å². The number of benzene rings is 1. The molecule has 98 valence electrons. The Morgan fingerprint density at radius 2 is 1.78 bits per heavy atom. The van der Waals surface area contributed by atoms with Crippen molar-refractivity contribution in [2.75, 3.05) is 19.7 Å². The largest absolute Gasteiger partial charge is 0.466 e. The van der Waals surface area contributed by atoms with Gasteiger partial charge in [0.05, 0.1) is 6.61 Å². The van der Waals surface area contributed by atoms with Crippen LogP contribution < -0.4 is 0 Å². The Morgan fingerprint density at radius 3 is 2.39 bits per heavy atom. The zero-order chi connectivity index (χ0) is 12.8. The van der Waals surface area contributed by atoms with Crippen molar-refractivity contribution >= 4 is 5.97 Å². The van der Waals surface area contributed by atoms with Crippen LogP contribution in [0, 0.1) is 0 Å². The summed E-state index contributed by atoms with van der Waals surface area (Å²) in [5, 5.41) is 0. The van der Waals surface area contributed by atoms with Gasteiger partial charge in [-0.3, -0.25) is 9.69 Å². The number of likely N-dealkylation sites (tertiary alicyclic amines) is 1. The highest BCUT2D eigenvalue weighted by molar-refractivity contribution is 5.65. The first-order valence-electron chi connectivity index (χ1n) is 6.67. The molecule has 0 saturated carbocycles. The first-order chi connectivity index (χ1) is 8.74. The molecule has 1 saturated heterocycles. The molecule has 0 bridgehead atoms. The quantitative estimate of drug-likeness (QED) is 0.748. The lowest BCUT2D eigenvalue weighted by Crippen LogP contribution is -2.18. The first kappa shape index (κ1) is 13.1. The molecule has 0 unspecified atom stereocenters. The summed E-state index contributed by atoms with van der Waals surface area (Å²) in [5.74, 6) is -0.208. The zero-order valence-electron chi connectivity index (χ0n) is 11.0. The van der Waals surface area contributed by atoms with E-state index in [0.29, 0.717) is 6.61 Å². The fourth-order valence-electron chi connectivity index (χ4n) is 2.32. The molecule has 2 rings (SSSR count). The Bertz CT molecular complexity index is 380. The lowest BCUT2D eigenvalue weighted by molar-refractivity contribution is -0.140. The third kappa shape index (κ3) is 4.15. The molecule has 3 nitrogen and oxygen atoms in total. The highest BCUT2D eigenvalue weighted by Crippen LogP contribution is 2.13. The van der Waals surface area contributed by atoms with E-state index in [0.717, 1.165) is 13.0 Å². The number of hydrogen-bond acceptors (Lipinski definition) is 3. The van der Waals surface area contributed by atoms with Crippen LogP contribution in [0.25, 0.3) is 0 Å². The van der Waals surface area contributed by atoms with E-state index in [-0.39, 0.29) is 5.97 Å². The number of hydrogen-bond donors (Lipinski definition) is 0. The van der Waals surface area contributed by atoms with Crippen LogP contribution in [0.1, 0.15) is 30.9 Å². The number of rotatable bonds is 5. The van der Waals surface area contributed by atoms with Crippen LogP contribution in [0.3, 0.4) is 0 Å². The van der Waals surface area contributed by atoms with Crippen molar-refractivity contribution in [3.8, 4) is 0 Å². The molecule has 3 heteroatoms. The van der Waals surface area contributed by atoms with Gasteiger partial charge in [-0.1, -0.05) is 24.3 Å². The molecule has 1 aliphatic rings. The summed E-state index contributed by atoms with van der Waals surface area (Å²) in [6, 6.07) is 8.63. The Morgan fingerprint density at radius 1 is 1.17 bits per heavy atom. The molecular weight excluding hydrogens is 226 g/mol. The van der Waals surface area contributed by atoms with Gasteiger partial charge in [-0.2, -0.15) is 0 Å². The molecule has 1 aliphatic heterocycles. The lowest BCUT2D eigenvalue weighted by Gasteiger charge is -2.14. The Labute approximate surface area is 109 Å². The Hall–Kier alpha value is -1.35. The maximum atomic E-state index is 10.7. The number of carbonyl (C=O) groups is 1. The molecule has 1 heterocycles. The van der Waals surface area contributed by atoms with E-state index in [4.69, 9.17) is 4.74 Å². The predicted octanol–water partition coefficient (Wildman–Crippen LogP) is 2.39. The molecule has 0 aromatic heterocycles. The van der Waals surface area contributed by atoms with Gasteiger partial charge < -0.3 is 4.74 Å². The van der Waals surface area contributed by atoms with Crippen molar-refractivity contribution in [1.29, 1.82) is 0 Å². The average molecular weight is 247 g/mol. The van der Waals surface area contributed by atoms with Crippen LogP contribution >= 0.6 is 0 Å². The molecular formula is C15H21NO2. The van der Waals surface area contributed by atoms with E-state index in [9.17, 15) is 4.79 Å². The highest BCUT2D eigenvalue weighted by atomic mass is 16.5. The van der Waals surface area contributed by atoms with E-state index >= 15 is 0 Å². The van der Waals surface area contributed by atoms with Gasteiger partial charge in [-0.15, -0.1) is 0 Å². The van der Waals surface area contributed by atoms with Crippen molar-refractivity contribution in [2.45, 2.75) is 32.7 Å². The molecule has 0 atom stereocenters. The standard InChI is InChI=1S/C15H21NO2/c1-13(17)18-11-8-14-4-6-15(7-5-14)12-16-9-2-3-10-16/h4-7H,2-3,8-12H2,1H3. The summed E-state index contributed by atoms with van der Waals surface area (Å²) in [4.78, 5) is 13.1. The second-order valence-electron chi connectivity index (χ2n) is 4.89. The maximum Gasteiger partial charge on any atom is 0.302 e. The SMILES string of the molecule is CC(=O)OCCc1ccc(CN2CCCC2)cc1. The number of nitrogens with zero attached hydrogens (tertiary/aromatic N) is 1. The van der Waals surface area contributed by atoms with Gasteiger partial charge in [0.1, 0.15) is 0 Å². The fourth-order valence-corrected chi connectivity index (χ4v) is 2.32. The first-order valence-corrected chi connectivity index (χ1v) is 6.67. The van der Waals surface area contributed by atoms with Crippen LogP contribution in [-0.4, -0.2) is 30.6 Å². The van der Waals surface area contributed by atoms with Crippen molar-refractivity contribution in [1.82, 2.24) is 4.90 Å². The smallest absolute Gasteiger partial charge is 0.302 e. The fraction of sp³-hybridized carbons (Fsp3) is 0.533. The minimum atomic E-state index is -0.208. The summed E-state index contributed by atoms with van der Waals surface area (Å²) < 4.78 is 4.94. The third-order valence-electron chi connectivity index (χ3n) is 3.32. The second kappa shape index (κ2) is 6.55. The summed E-state index contributed by atoms with van der Waals surface area (Å²) >= 11 is 0. The van der Waals surface area contributed by atoms with Gasteiger partial charge in [0.15, 0.2) is 0 Å². The third-order valence-corrected chi connectivity index (χ3v) is 3.32. The van der Waals surface area contributed by atoms with E-state index in [1.54, 1.807) is 0 Å². The number of esters is 1. The molecule has 0 aliphatic carbocycles. The van der Waals surface area contributed by atoms with Gasteiger partial charge in [0.25, 0.3) is 0 Å². The monoisotopic (exact) mass is 247 g/mol. The molecule has 18 heavy (non-hydrogen) atoms. The molecule has 0 spiro atoms. The molecule has 1 aromatic rings. The summed E-state index contributed by atoms with van der Waals surface area (Å²) in [6.45, 7) is 5.44. The van der Waals surface area contributed by atoms with E-state index in [1.165, 1.54) is 44.0 Å². The number of ether oxygens (including phenoxy) is 1. The maximum absolute atomic E-state index is 10.7. The van der Waals surface area contributed by atoms with Crippen LogP contribution in [0.5, 0.6) is 0 Å². The van der Waals surface area contributed by atoms with Gasteiger partial charge >= 0.3 is 5.97 Å². The Balaban J connectivity index is 1.79. The van der Waals surface area contributed by atoms with Crippen molar-refractivity contribution in [2.24, 2.45) is 0 Å². The summed E-state index contributed by atoms with van der Waals surface area (Å²) in [6.07, 6.45) is 3.46. The predicted molar refractivity (Wildman–Crippen MR) is 71.3 cm³/mol. The Kier molecular flexibility index (Phi) is 4.76. The van der Waals surface area contributed by atoms with E-state index in [1.807, 2.05) is 0 Å². The minimum absolute atomic E-state index is 0.208. The topological polar surface area (TPSA) is 29.5 Å². The molecule has 1 aromatic carbocycles. The van der Waals surface area contributed by atoms with Crippen molar-refractivity contribution in [3.05, 3.63) is 35.4 Å². The molecule has 0 N–H and O–H groups in total. The lowest BCUT2D eigenvalue weighted by atomic mass is 10.1. The molecule has 0 amide bonds. The van der Waals surface area contributed by atoms with Crippen molar-refractivity contribution in [3.63, 3.8) is 0 Å². The molecule has 0 radical (unpaired) electrons. The van der Waals surface area contributed by atoms with Crippen LogP contribution in [0.15, 0.2) is 24.3 Å². The second-order valence-corrected chi connectivity index (χ2v) is 4.89. The normalized spacial score (nSPS) is 15.8. The zero-order valence-corrected chi connectivity index (χ0v) is 11.0. The van der Waals surface area contributed by atoms with Crippen LogP contribution in [-0.2, 0) is 22.5 Å². The highest BCUT2D eigenvalue weighted by Gasteiger charge is 2.11. The van der Waals surface area contributed by atoms with Gasteiger partial charge in [-0.05, 0) is 37.1 Å². The van der Waals surface area contributed by atoms with Crippen LogP contribution in [0.4, 0.5) is 0 Å². The summed E-state index contributed by atoms with van der Waals surface area (Å²) in [7, 11) is 0. The summed E-state index contributed by atoms with van der Waals surface area (Å²) in [5.41, 5.74) is 2.59. The van der Waals surface area contributed by atoms with Crippen LogP contribution in [0.2, 0.25) is 0 Å². The molecule has 1 fully saturated rings. The minimum Gasteiger partial charge on any atom is -0.466 e. The van der Waals surface area contributed by atoms with Gasteiger partial charge in [-0.25, -0.2) is 0 Å². The van der Waals surface area contributed by atoms with Gasteiger partial charge in [0, 0.05) is 19.9 Å².